The first kappa shape index (κ1) is 11.1. The standard InChI is InChI=1S/C17H11N3/c1-3-7-15-12(5-1)9-13(10-18-15)17-14-6-2-4-8-16(14)19-11-20-17/h1-11H. The molecule has 0 atom stereocenters. The number of aromatic nitrogens is 3. The molecule has 0 amide bonds. The maximum atomic E-state index is 4.50. The van der Waals surface area contributed by atoms with Gasteiger partial charge in [-0.25, -0.2) is 9.97 Å². The molecule has 0 N–H and O–H groups in total. The van der Waals surface area contributed by atoms with Crippen molar-refractivity contribution in [1.29, 1.82) is 0 Å². The van der Waals surface area contributed by atoms with E-state index in [1.165, 1.54) is 0 Å². The van der Waals surface area contributed by atoms with Crippen molar-refractivity contribution in [3.8, 4) is 11.3 Å². The Bertz CT molecular complexity index is 910. The monoisotopic (exact) mass is 257 g/mol. The molecular weight excluding hydrogens is 246 g/mol. The van der Waals surface area contributed by atoms with Gasteiger partial charge >= 0.3 is 0 Å². The average molecular weight is 257 g/mol. The highest BCUT2D eigenvalue weighted by molar-refractivity contribution is 5.94. The largest absolute Gasteiger partial charge is 0.256 e. The molecule has 4 aromatic rings. The molecule has 0 saturated heterocycles. The van der Waals surface area contributed by atoms with Crippen molar-refractivity contribution in [3.05, 3.63) is 67.1 Å². The third-order valence-electron chi connectivity index (χ3n) is 3.41. The van der Waals surface area contributed by atoms with Crippen LogP contribution < -0.4 is 0 Å². The first-order valence-corrected chi connectivity index (χ1v) is 6.47. The van der Waals surface area contributed by atoms with Gasteiger partial charge in [-0.3, -0.25) is 4.98 Å². The van der Waals surface area contributed by atoms with Crippen LogP contribution in [-0.4, -0.2) is 15.0 Å². The number of benzene rings is 2. The first-order chi connectivity index (χ1) is 9.92. The summed E-state index contributed by atoms with van der Waals surface area (Å²) in [5.74, 6) is 0. The zero-order chi connectivity index (χ0) is 13.4. The van der Waals surface area contributed by atoms with Crippen molar-refractivity contribution in [3.63, 3.8) is 0 Å². The molecule has 0 unspecified atom stereocenters. The zero-order valence-electron chi connectivity index (χ0n) is 10.7. The third kappa shape index (κ3) is 1.72. The molecule has 20 heavy (non-hydrogen) atoms. The Morgan fingerprint density at radius 3 is 2.45 bits per heavy atom. The first-order valence-electron chi connectivity index (χ1n) is 6.47. The summed E-state index contributed by atoms with van der Waals surface area (Å²) in [5, 5.41) is 2.17. The van der Waals surface area contributed by atoms with Crippen LogP contribution in [0, 0.1) is 0 Å². The van der Waals surface area contributed by atoms with Crippen LogP contribution in [0.4, 0.5) is 0 Å². The second-order valence-electron chi connectivity index (χ2n) is 4.66. The van der Waals surface area contributed by atoms with Gasteiger partial charge in [0.05, 0.1) is 16.7 Å². The summed E-state index contributed by atoms with van der Waals surface area (Å²) < 4.78 is 0. The van der Waals surface area contributed by atoms with E-state index in [2.05, 4.69) is 27.1 Å². The highest BCUT2D eigenvalue weighted by Crippen LogP contribution is 2.26. The van der Waals surface area contributed by atoms with E-state index in [1.54, 1.807) is 6.33 Å². The summed E-state index contributed by atoms with van der Waals surface area (Å²) in [5.41, 5.74) is 3.89. The Morgan fingerprint density at radius 2 is 1.50 bits per heavy atom. The number of pyridine rings is 1. The van der Waals surface area contributed by atoms with E-state index in [0.29, 0.717) is 0 Å². The lowest BCUT2D eigenvalue weighted by atomic mass is 10.1. The van der Waals surface area contributed by atoms with E-state index < -0.39 is 0 Å². The number of para-hydroxylation sites is 2. The van der Waals surface area contributed by atoms with Crippen molar-refractivity contribution in [2.75, 3.05) is 0 Å². The molecule has 0 aliphatic carbocycles. The Hall–Kier alpha value is -2.81. The molecule has 0 radical (unpaired) electrons. The summed E-state index contributed by atoms with van der Waals surface area (Å²) in [7, 11) is 0. The smallest absolute Gasteiger partial charge is 0.116 e. The van der Waals surface area contributed by atoms with Gasteiger partial charge in [-0.2, -0.15) is 0 Å². The van der Waals surface area contributed by atoms with Crippen molar-refractivity contribution >= 4 is 21.8 Å². The minimum atomic E-state index is 0.925. The van der Waals surface area contributed by atoms with Gasteiger partial charge in [0.25, 0.3) is 0 Å². The predicted molar refractivity (Wildman–Crippen MR) is 80.3 cm³/mol. The van der Waals surface area contributed by atoms with Gasteiger partial charge in [0.15, 0.2) is 0 Å². The van der Waals surface area contributed by atoms with E-state index in [4.69, 9.17) is 0 Å². The Kier molecular flexibility index (Phi) is 2.42. The van der Waals surface area contributed by atoms with Crippen LogP contribution in [0.2, 0.25) is 0 Å². The van der Waals surface area contributed by atoms with E-state index >= 15 is 0 Å². The topological polar surface area (TPSA) is 38.7 Å². The molecule has 2 aromatic heterocycles. The number of hydrogen-bond acceptors (Lipinski definition) is 3. The third-order valence-corrected chi connectivity index (χ3v) is 3.41. The summed E-state index contributed by atoms with van der Waals surface area (Å²) in [6.07, 6.45) is 3.48. The molecule has 94 valence electrons. The molecule has 3 nitrogen and oxygen atoms in total. The average Bonchev–Trinajstić information content (AvgIpc) is 2.54. The fourth-order valence-electron chi connectivity index (χ4n) is 2.44. The van der Waals surface area contributed by atoms with Crippen molar-refractivity contribution in [2.45, 2.75) is 0 Å². The van der Waals surface area contributed by atoms with Gasteiger partial charge in [0.2, 0.25) is 0 Å². The molecule has 0 saturated carbocycles. The fourth-order valence-corrected chi connectivity index (χ4v) is 2.44. The molecule has 3 heteroatoms. The van der Waals surface area contributed by atoms with E-state index in [9.17, 15) is 0 Å². The van der Waals surface area contributed by atoms with Crippen molar-refractivity contribution in [1.82, 2.24) is 15.0 Å². The van der Waals surface area contributed by atoms with E-state index in [0.717, 1.165) is 33.1 Å². The summed E-state index contributed by atoms with van der Waals surface area (Å²) >= 11 is 0. The zero-order valence-corrected chi connectivity index (χ0v) is 10.7. The number of hydrogen-bond donors (Lipinski definition) is 0. The molecular formula is C17H11N3. The van der Waals surface area contributed by atoms with Gasteiger partial charge < -0.3 is 0 Å². The number of fused-ring (bicyclic) bond motifs is 2. The summed E-state index contributed by atoms with van der Waals surface area (Å²) in [4.78, 5) is 13.2. The van der Waals surface area contributed by atoms with Crippen molar-refractivity contribution in [2.24, 2.45) is 0 Å². The minimum Gasteiger partial charge on any atom is -0.256 e. The van der Waals surface area contributed by atoms with E-state index in [1.807, 2.05) is 48.7 Å². The van der Waals surface area contributed by atoms with E-state index in [-0.39, 0.29) is 0 Å². The molecule has 2 aromatic carbocycles. The Balaban J connectivity index is 2.01. The van der Waals surface area contributed by atoms with Crippen LogP contribution in [0.5, 0.6) is 0 Å². The SMILES string of the molecule is c1ccc2ncc(-c3ncnc4ccccc34)cc2c1. The van der Waals surface area contributed by atoms with Gasteiger partial charge in [0, 0.05) is 22.5 Å². The van der Waals surface area contributed by atoms with Crippen LogP contribution >= 0.6 is 0 Å². The molecule has 0 aliphatic rings. The maximum absolute atomic E-state index is 4.50. The van der Waals surface area contributed by atoms with Crippen LogP contribution in [0.3, 0.4) is 0 Å². The lowest BCUT2D eigenvalue weighted by Gasteiger charge is -2.05. The second-order valence-corrected chi connectivity index (χ2v) is 4.66. The van der Waals surface area contributed by atoms with Gasteiger partial charge in [-0.1, -0.05) is 36.4 Å². The molecule has 2 heterocycles. The summed E-state index contributed by atoms with van der Waals surface area (Å²) in [6.45, 7) is 0. The van der Waals surface area contributed by atoms with Gasteiger partial charge in [-0.15, -0.1) is 0 Å². The number of rotatable bonds is 1. The van der Waals surface area contributed by atoms with Crippen LogP contribution in [-0.2, 0) is 0 Å². The lowest BCUT2D eigenvalue weighted by molar-refractivity contribution is 1.22. The van der Waals surface area contributed by atoms with Gasteiger partial charge in [0.1, 0.15) is 6.33 Å². The van der Waals surface area contributed by atoms with Crippen molar-refractivity contribution < 1.29 is 0 Å². The molecule has 0 spiro atoms. The Morgan fingerprint density at radius 1 is 0.700 bits per heavy atom. The molecule has 0 bridgehead atoms. The molecule has 0 aliphatic heterocycles. The highest BCUT2D eigenvalue weighted by Gasteiger charge is 2.07. The fraction of sp³-hybridized carbons (Fsp3) is 0. The minimum absolute atomic E-state index is 0.925. The van der Waals surface area contributed by atoms with Crippen LogP contribution in [0.1, 0.15) is 0 Å². The van der Waals surface area contributed by atoms with Gasteiger partial charge in [-0.05, 0) is 18.2 Å². The maximum Gasteiger partial charge on any atom is 0.116 e. The second kappa shape index (κ2) is 4.38. The van der Waals surface area contributed by atoms with Crippen LogP contribution in [0.15, 0.2) is 67.1 Å². The lowest BCUT2D eigenvalue weighted by Crippen LogP contribution is -1.90. The van der Waals surface area contributed by atoms with Crippen LogP contribution in [0.25, 0.3) is 33.1 Å². The molecule has 0 fully saturated rings. The summed E-state index contributed by atoms with van der Waals surface area (Å²) in [6, 6.07) is 18.2. The Labute approximate surface area is 116 Å². The predicted octanol–water partition coefficient (Wildman–Crippen LogP) is 3.85. The quantitative estimate of drug-likeness (QED) is 0.520. The normalized spacial score (nSPS) is 11.0. The highest BCUT2D eigenvalue weighted by atomic mass is 14.8. The molecule has 4 rings (SSSR count). The number of nitrogens with zero attached hydrogens (tertiary/aromatic N) is 3.